The maximum atomic E-state index is 6.28. The summed E-state index contributed by atoms with van der Waals surface area (Å²) in [5.41, 5.74) is 9.67. The van der Waals surface area contributed by atoms with Crippen molar-refractivity contribution < 1.29 is 4.74 Å². The van der Waals surface area contributed by atoms with Crippen LogP contribution in [0.1, 0.15) is 43.8 Å². The molecule has 0 amide bonds. The van der Waals surface area contributed by atoms with Crippen molar-refractivity contribution in [3.05, 3.63) is 47.3 Å². The Kier molecular flexibility index (Phi) is 5.02. The second-order valence-corrected chi connectivity index (χ2v) is 5.32. The zero-order chi connectivity index (χ0) is 15.4. The van der Waals surface area contributed by atoms with E-state index in [4.69, 9.17) is 15.6 Å². The molecule has 4 heteroatoms. The van der Waals surface area contributed by atoms with Gasteiger partial charge in [0.1, 0.15) is 5.75 Å². The van der Waals surface area contributed by atoms with Crippen molar-refractivity contribution in [3.63, 3.8) is 0 Å². The van der Waals surface area contributed by atoms with Gasteiger partial charge in [-0.2, -0.15) is 5.10 Å². The Balaban J connectivity index is 2.56. The molecule has 0 aliphatic rings. The standard InChI is InChI=1S/C17H25N3O/c1-5-13-11-14(6-2)20(19-13)17(12(3)18)15-9-7-8-10-16(15)21-4/h7-12,17H,5-6,18H2,1-4H3. The molecule has 0 aliphatic carbocycles. The quantitative estimate of drug-likeness (QED) is 0.888. The van der Waals surface area contributed by atoms with E-state index in [2.05, 4.69) is 30.7 Å². The topological polar surface area (TPSA) is 53.1 Å². The molecule has 2 unspecified atom stereocenters. The van der Waals surface area contributed by atoms with Gasteiger partial charge in [0.2, 0.25) is 0 Å². The Morgan fingerprint density at radius 3 is 2.52 bits per heavy atom. The van der Waals surface area contributed by atoms with Gasteiger partial charge in [0, 0.05) is 17.3 Å². The van der Waals surface area contributed by atoms with E-state index in [1.807, 2.05) is 25.1 Å². The highest BCUT2D eigenvalue weighted by Gasteiger charge is 2.24. The van der Waals surface area contributed by atoms with E-state index in [-0.39, 0.29) is 12.1 Å². The number of aryl methyl sites for hydroxylation is 2. The van der Waals surface area contributed by atoms with Crippen molar-refractivity contribution >= 4 is 0 Å². The van der Waals surface area contributed by atoms with E-state index in [1.165, 1.54) is 5.69 Å². The minimum Gasteiger partial charge on any atom is -0.496 e. The molecule has 0 spiro atoms. The minimum atomic E-state index is -0.0591. The average Bonchev–Trinajstić information content (AvgIpc) is 2.90. The summed E-state index contributed by atoms with van der Waals surface area (Å²) in [6.07, 6.45) is 1.86. The monoisotopic (exact) mass is 287 g/mol. The van der Waals surface area contributed by atoms with E-state index in [0.717, 1.165) is 29.8 Å². The second-order valence-electron chi connectivity index (χ2n) is 5.32. The largest absolute Gasteiger partial charge is 0.496 e. The molecule has 2 aromatic rings. The summed E-state index contributed by atoms with van der Waals surface area (Å²) in [7, 11) is 1.69. The molecule has 114 valence electrons. The number of hydrogen-bond acceptors (Lipinski definition) is 3. The Labute approximate surface area is 126 Å². The summed E-state index contributed by atoms with van der Waals surface area (Å²) >= 11 is 0. The molecule has 0 bridgehead atoms. The predicted octanol–water partition coefficient (Wildman–Crippen LogP) is 2.95. The van der Waals surface area contributed by atoms with Crippen LogP contribution in [0.4, 0.5) is 0 Å². The SMILES string of the molecule is CCc1cc(CC)n(C(c2ccccc2OC)C(C)N)n1. The molecular weight excluding hydrogens is 262 g/mol. The molecule has 1 aromatic heterocycles. The van der Waals surface area contributed by atoms with E-state index in [1.54, 1.807) is 7.11 Å². The Hall–Kier alpha value is -1.81. The van der Waals surface area contributed by atoms with Crippen LogP contribution in [0.15, 0.2) is 30.3 Å². The smallest absolute Gasteiger partial charge is 0.124 e. The number of para-hydroxylation sites is 1. The lowest BCUT2D eigenvalue weighted by Crippen LogP contribution is -2.32. The van der Waals surface area contributed by atoms with Gasteiger partial charge in [0.05, 0.1) is 18.8 Å². The van der Waals surface area contributed by atoms with Crippen LogP contribution in [0.5, 0.6) is 5.75 Å². The average molecular weight is 287 g/mol. The fourth-order valence-corrected chi connectivity index (χ4v) is 2.72. The number of methoxy groups -OCH3 is 1. The molecule has 0 saturated carbocycles. The highest BCUT2D eigenvalue weighted by atomic mass is 16.5. The van der Waals surface area contributed by atoms with Gasteiger partial charge in [-0.15, -0.1) is 0 Å². The molecule has 2 atom stereocenters. The van der Waals surface area contributed by atoms with Gasteiger partial charge in [-0.1, -0.05) is 32.0 Å². The van der Waals surface area contributed by atoms with Crippen LogP contribution in [0, 0.1) is 0 Å². The zero-order valence-electron chi connectivity index (χ0n) is 13.3. The lowest BCUT2D eigenvalue weighted by Gasteiger charge is -2.25. The molecular formula is C17H25N3O. The molecule has 1 heterocycles. The number of rotatable bonds is 6. The van der Waals surface area contributed by atoms with Crippen LogP contribution in [0.3, 0.4) is 0 Å². The number of aromatic nitrogens is 2. The van der Waals surface area contributed by atoms with Crippen molar-refractivity contribution in [2.45, 2.75) is 45.7 Å². The number of hydrogen-bond donors (Lipinski definition) is 1. The summed E-state index contributed by atoms with van der Waals surface area (Å²) in [5.74, 6) is 0.857. The summed E-state index contributed by atoms with van der Waals surface area (Å²) in [4.78, 5) is 0. The van der Waals surface area contributed by atoms with E-state index in [0.29, 0.717) is 0 Å². The Morgan fingerprint density at radius 2 is 1.95 bits per heavy atom. The first-order valence-corrected chi connectivity index (χ1v) is 7.58. The maximum absolute atomic E-state index is 6.28. The first-order chi connectivity index (χ1) is 10.1. The number of nitrogens with two attached hydrogens (primary N) is 1. The minimum absolute atomic E-state index is 0.0172. The van der Waals surface area contributed by atoms with Crippen molar-refractivity contribution in [2.75, 3.05) is 7.11 Å². The molecule has 0 radical (unpaired) electrons. The third-order valence-corrected chi connectivity index (χ3v) is 3.81. The fourth-order valence-electron chi connectivity index (χ4n) is 2.72. The summed E-state index contributed by atoms with van der Waals surface area (Å²) < 4.78 is 7.58. The summed E-state index contributed by atoms with van der Waals surface area (Å²) in [6, 6.07) is 10.1. The van der Waals surface area contributed by atoms with Crippen LogP contribution in [0.2, 0.25) is 0 Å². The first-order valence-electron chi connectivity index (χ1n) is 7.58. The lowest BCUT2D eigenvalue weighted by molar-refractivity contribution is 0.381. The second kappa shape index (κ2) is 6.76. The maximum Gasteiger partial charge on any atom is 0.124 e. The van der Waals surface area contributed by atoms with Gasteiger partial charge >= 0.3 is 0 Å². The normalized spacial score (nSPS) is 14.0. The summed E-state index contributed by atoms with van der Waals surface area (Å²) in [6.45, 7) is 6.29. The summed E-state index contributed by atoms with van der Waals surface area (Å²) in [5, 5.41) is 4.75. The van der Waals surface area contributed by atoms with Crippen molar-refractivity contribution in [1.82, 2.24) is 9.78 Å². The molecule has 1 aromatic carbocycles. The van der Waals surface area contributed by atoms with Crippen molar-refractivity contribution in [1.29, 1.82) is 0 Å². The highest BCUT2D eigenvalue weighted by molar-refractivity contribution is 5.37. The van der Waals surface area contributed by atoms with Gasteiger partial charge in [-0.05, 0) is 31.9 Å². The van der Waals surface area contributed by atoms with Crippen LogP contribution >= 0.6 is 0 Å². The highest BCUT2D eigenvalue weighted by Crippen LogP contribution is 2.30. The van der Waals surface area contributed by atoms with Gasteiger partial charge in [0.15, 0.2) is 0 Å². The van der Waals surface area contributed by atoms with Crippen LogP contribution in [0.25, 0.3) is 0 Å². The number of benzene rings is 1. The third-order valence-electron chi connectivity index (χ3n) is 3.81. The molecule has 0 aliphatic heterocycles. The van der Waals surface area contributed by atoms with Crippen molar-refractivity contribution in [2.24, 2.45) is 5.73 Å². The molecule has 21 heavy (non-hydrogen) atoms. The zero-order valence-corrected chi connectivity index (χ0v) is 13.3. The number of ether oxygens (including phenoxy) is 1. The van der Waals surface area contributed by atoms with Crippen molar-refractivity contribution in [3.8, 4) is 5.75 Å². The third kappa shape index (κ3) is 3.10. The Bertz CT molecular complexity index is 589. The van der Waals surface area contributed by atoms with Gasteiger partial charge in [-0.3, -0.25) is 4.68 Å². The molecule has 2 N–H and O–H groups in total. The van der Waals surface area contributed by atoms with E-state index in [9.17, 15) is 0 Å². The van der Waals surface area contributed by atoms with Gasteiger partial charge in [0.25, 0.3) is 0 Å². The predicted molar refractivity (Wildman–Crippen MR) is 85.8 cm³/mol. The Morgan fingerprint density at radius 1 is 1.24 bits per heavy atom. The van der Waals surface area contributed by atoms with Crippen LogP contribution in [-0.2, 0) is 12.8 Å². The number of nitrogens with zero attached hydrogens (tertiary/aromatic N) is 2. The fraction of sp³-hybridized carbons (Fsp3) is 0.471. The van der Waals surface area contributed by atoms with Crippen LogP contribution < -0.4 is 10.5 Å². The molecule has 0 fully saturated rings. The lowest BCUT2D eigenvalue weighted by atomic mass is 9.99. The first kappa shape index (κ1) is 15.6. The van der Waals surface area contributed by atoms with E-state index >= 15 is 0 Å². The van der Waals surface area contributed by atoms with Gasteiger partial charge < -0.3 is 10.5 Å². The van der Waals surface area contributed by atoms with Gasteiger partial charge in [-0.25, -0.2) is 0 Å². The van der Waals surface area contributed by atoms with E-state index < -0.39 is 0 Å². The van der Waals surface area contributed by atoms with Crippen LogP contribution in [-0.4, -0.2) is 22.9 Å². The molecule has 0 saturated heterocycles. The molecule has 4 nitrogen and oxygen atoms in total. The molecule has 2 rings (SSSR count).